The van der Waals surface area contributed by atoms with Crippen LogP contribution in [-0.2, 0) is 20.7 Å². The number of likely N-dealkylation sites (N-methyl/N-ethyl adjacent to an activating group) is 1. The fourth-order valence-corrected chi connectivity index (χ4v) is 6.81. The van der Waals surface area contributed by atoms with Crippen molar-refractivity contribution in [1.82, 2.24) is 9.80 Å². The lowest BCUT2D eigenvalue weighted by Crippen LogP contribution is -2.63. The van der Waals surface area contributed by atoms with Crippen molar-refractivity contribution in [3.8, 4) is 5.75 Å². The van der Waals surface area contributed by atoms with Crippen LogP contribution in [0, 0.1) is 11.8 Å². The second kappa shape index (κ2) is 9.70. The molecule has 6 N–H and O–H groups in total. The first-order valence-electron chi connectivity index (χ1n) is 13.7. The molecule has 1 aromatic rings. The highest BCUT2D eigenvalue weighted by molar-refractivity contribution is 6.24. The van der Waals surface area contributed by atoms with Gasteiger partial charge in [0.2, 0.25) is 5.78 Å². The second-order valence-electron chi connectivity index (χ2n) is 12.5. The third kappa shape index (κ3) is 4.19. The first kappa shape index (κ1) is 29.3. The molecular weight excluding hydrogens is 546 g/mol. The van der Waals surface area contributed by atoms with Crippen LogP contribution in [-0.4, -0.2) is 91.7 Å². The van der Waals surface area contributed by atoms with E-state index in [2.05, 4.69) is 0 Å². The molecule has 0 radical (unpaired) electrons. The number of hydrogen-bond acceptors (Lipinski definition) is 10. The summed E-state index contributed by atoms with van der Waals surface area (Å²) in [4.78, 5) is 55.6. The average Bonchev–Trinajstić information content (AvgIpc) is 3.35. The van der Waals surface area contributed by atoms with Crippen molar-refractivity contribution in [1.29, 1.82) is 0 Å². The molecule has 12 heteroatoms. The van der Waals surface area contributed by atoms with Gasteiger partial charge >= 0.3 is 6.09 Å². The van der Waals surface area contributed by atoms with Gasteiger partial charge in [-0.05, 0) is 77.7 Å². The summed E-state index contributed by atoms with van der Waals surface area (Å²) in [6.45, 7) is 5.63. The van der Waals surface area contributed by atoms with E-state index in [1.165, 1.54) is 15.9 Å². The van der Waals surface area contributed by atoms with Crippen molar-refractivity contribution in [3.05, 3.63) is 57.6 Å². The average molecular weight is 582 g/mol. The number of nitrogens with zero attached hydrogens (tertiary/aromatic N) is 2. The number of carbonyl (C=O) groups excluding carboxylic acids is 4. The number of rotatable bonds is 3. The molecule has 1 aromatic carbocycles. The molecule has 0 bridgehead atoms. The van der Waals surface area contributed by atoms with Gasteiger partial charge in [0.05, 0.1) is 17.3 Å². The molecule has 1 heterocycles. The maximum absolute atomic E-state index is 14.0. The number of fused-ring (bicyclic) bond motifs is 3. The van der Waals surface area contributed by atoms with E-state index in [1.54, 1.807) is 40.9 Å². The molecule has 4 aliphatic rings. The van der Waals surface area contributed by atoms with E-state index in [4.69, 9.17) is 10.5 Å². The highest BCUT2D eigenvalue weighted by Gasteiger charge is 2.63. The number of aliphatic hydroxyl groups excluding tert-OH is 2. The van der Waals surface area contributed by atoms with Crippen LogP contribution in [0.15, 0.2) is 40.9 Å². The Balaban J connectivity index is 1.65. The number of nitrogens with two attached hydrogens (primary N) is 1. The summed E-state index contributed by atoms with van der Waals surface area (Å²) in [7, 11) is 3.14. The molecular formula is C30H35N3O9. The molecule has 0 spiro atoms. The first-order chi connectivity index (χ1) is 19.5. The predicted molar refractivity (Wildman–Crippen MR) is 149 cm³/mol. The molecule has 0 aromatic heterocycles. The Labute approximate surface area is 242 Å². The molecule has 5 rings (SSSR count). The Hall–Kier alpha value is -4.16. The van der Waals surface area contributed by atoms with Crippen LogP contribution in [0.1, 0.15) is 55.1 Å². The number of aromatic hydroxyl groups is 1. The zero-order valence-electron chi connectivity index (χ0n) is 24.1. The Bertz CT molecular complexity index is 1530. The number of amides is 2. The van der Waals surface area contributed by atoms with E-state index < -0.39 is 69.7 Å². The number of aliphatic hydroxyl groups is 3. The molecule has 1 aliphatic heterocycles. The highest BCUT2D eigenvalue weighted by atomic mass is 16.6. The van der Waals surface area contributed by atoms with Crippen LogP contribution >= 0.6 is 0 Å². The van der Waals surface area contributed by atoms with Gasteiger partial charge in [-0.15, -0.1) is 0 Å². The molecule has 3 aliphatic carbocycles. The topological polar surface area (TPSA) is 191 Å². The van der Waals surface area contributed by atoms with Gasteiger partial charge in [0.25, 0.3) is 5.91 Å². The van der Waals surface area contributed by atoms with Gasteiger partial charge in [-0.3, -0.25) is 24.2 Å². The van der Waals surface area contributed by atoms with Crippen LogP contribution in [0.25, 0.3) is 5.70 Å². The van der Waals surface area contributed by atoms with Gasteiger partial charge in [0, 0.05) is 23.6 Å². The normalized spacial score (nSPS) is 27.5. The first-order valence-corrected chi connectivity index (χ1v) is 13.7. The smallest absolute Gasteiger partial charge is 0.414 e. The van der Waals surface area contributed by atoms with E-state index in [1.807, 2.05) is 6.08 Å². The SMILES string of the molecule is CN(C)[C@@H]1C(O)=C(C(N)=O)C(=O)[C@@]2(O)C(O)=C3C(=O)c4c(O)ccc(C5=CCCN5C(=O)OC(C)(C)C)c4C[C@H]3C[C@@H]12. The largest absolute Gasteiger partial charge is 0.510 e. The van der Waals surface area contributed by atoms with E-state index in [9.17, 15) is 39.6 Å². The minimum Gasteiger partial charge on any atom is -0.510 e. The van der Waals surface area contributed by atoms with Crippen LogP contribution < -0.4 is 5.73 Å². The zero-order valence-corrected chi connectivity index (χ0v) is 24.1. The summed E-state index contributed by atoms with van der Waals surface area (Å²) in [5.74, 6) is -7.15. The third-order valence-electron chi connectivity index (χ3n) is 8.48. The number of ketones is 2. The van der Waals surface area contributed by atoms with Gasteiger partial charge in [-0.2, -0.15) is 0 Å². The van der Waals surface area contributed by atoms with Gasteiger partial charge < -0.3 is 30.9 Å². The Morgan fingerprint density at radius 2 is 1.81 bits per heavy atom. The van der Waals surface area contributed by atoms with Crippen LogP contribution in [0.3, 0.4) is 0 Å². The van der Waals surface area contributed by atoms with E-state index in [0.717, 1.165) is 0 Å². The number of hydrogen-bond donors (Lipinski definition) is 5. The van der Waals surface area contributed by atoms with Crippen molar-refractivity contribution in [2.75, 3.05) is 20.6 Å². The lowest BCUT2D eigenvalue weighted by molar-refractivity contribution is -0.148. The summed E-state index contributed by atoms with van der Waals surface area (Å²) >= 11 is 0. The van der Waals surface area contributed by atoms with Gasteiger partial charge in [-0.1, -0.05) is 6.08 Å². The number of Topliss-reactive ketones (excluding diaryl/α,β-unsaturated/α-hetero) is 2. The molecule has 0 fully saturated rings. The fourth-order valence-electron chi connectivity index (χ4n) is 6.81. The summed E-state index contributed by atoms with van der Waals surface area (Å²) < 4.78 is 5.58. The zero-order chi connectivity index (χ0) is 31.0. The number of primary amides is 1. The van der Waals surface area contributed by atoms with Crippen molar-refractivity contribution in [2.45, 2.75) is 57.3 Å². The summed E-state index contributed by atoms with van der Waals surface area (Å²) in [6.07, 6.45) is 1.91. The lowest BCUT2D eigenvalue weighted by Gasteiger charge is -2.50. The second-order valence-corrected chi connectivity index (χ2v) is 12.5. The van der Waals surface area contributed by atoms with E-state index in [0.29, 0.717) is 29.8 Å². The molecule has 42 heavy (non-hydrogen) atoms. The lowest BCUT2D eigenvalue weighted by atomic mass is 9.58. The number of carbonyl (C=O) groups is 4. The molecule has 2 amide bonds. The Kier molecular flexibility index (Phi) is 6.78. The number of ether oxygens (including phenoxy) is 1. The summed E-state index contributed by atoms with van der Waals surface area (Å²) in [5, 5.41) is 45.0. The Morgan fingerprint density at radius 1 is 1.14 bits per heavy atom. The molecule has 12 nitrogen and oxygen atoms in total. The molecule has 0 unspecified atom stereocenters. The quantitative estimate of drug-likeness (QED) is 0.330. The number of phenolic OH excluding ortho intramolecular Hbond substituents is 1. The van der Waals surface area contributed by atoms with Gasteiger partial charge in [-0.25, -0.2) is 4.79 Å². The molecule has 224 valence electrons. The molecule has 0 saturated carbocycles. The predicted octanol–water partition coefficient (Wildman–Crippen LogP) is 2.10. The number of phenols is 1. The minimum absolute atomic E-state index is 0.0321. The standard InChI is InChI=1S/C30H35N3O9/c1-29(2,3)42-28(40)33-10-6-7-17(33)14-8-9-18(34)20-15(14)11-13-12-16-22(32(4)5)24(36)21(27(31)39)26(38)30(16,41)25(37)19(13)23(20)35/h7-9,13,16,22,34,36-37,41H,6,10-12H2,1-5H3,(H2,31,39)/t13-,16-,22-,30-/m0/s1. The van der Waals surface area contributed by atoms with Crippen molar-refractivity contribution < 1.29 is 44.3 Å². The maximum atomic E-state index is 14.0. The number of allylic oxidation sites excluding steroid dienone is 1. The van der Waals surface area contributed by atoms with E-state index in [-0.39, 0.29) is 29.7 Å². The molecule has 4 atom stereocenters. The van der Waals surface area contributed by atoms with Crippen LogP contribution in [0.2, 0.25) is 0 Å². The summed E-state index contributed by atoms with van der Waals surface area (Å²) in [6, 6.07) is 1.85. The van der Waals surface area contributed by atoms with E-state index >= 15 is 0 Å². The molecule has 0 saturated heterocycles. The van der Waals surface area contributed by atoms with Crippen LogP contribution in [0.5, 0.6) is 5.75 Å². The summed E-state index contributed by atoms with van der Waals surface area (Å²) in [5.41, 5.74) is 2.19. The maximum Gasteiger partial charge on any atom is 0.414 e. The monoisotopic (exact) mass is 581 g/mol. The van der Waals surface area contributed by atoms with Gasteiger partial charge in [0.15, 0.2) is 11.4 Å². The van der Waals surface area contributed by atoms with Crippen LogP contribution in [0.4, 0.5) is 4.79 Å². The number of benzene rings is 1. The Morgan fingerprint density at radius 3 is 2.40 bits per heavy atom. The van der Waals surface area contributed by atoms with Crippen molar-refractivity contribution in [3.63, 3.8) is 0 Å². The fraction of sp³-hybridized carbons (Fsp3) is 0.467. The minimum atomic E-state index is -2.71. The van der Waals surface area contributed by atoms with Crippen molar-refractivity contribution in [2.24, 2.45) is 17.6 Å². The van der Waals surface area contributed by atoms with Crippen molar-refractivity contribution >= 4 is 29.3 Å². The van der Waals surface area contributed by atoms with Gasteiger partial charge in [0.1, 0.15) is 28.4 Å². The third-order valence-corrected chi connectivity index (χ3v) is 8.48. The highest BCUT2D eigenvalue weighted by Crippen LogP contribution is 2.53.